The molecule has 0 aliphatic carbocycles. The number of benzene rings is 2. The number of halogens is 2. The maximum absolute atomic E-state index is 10.7. The Morgan fingerprint density at radius 2 is 1.80 bits per heavy atom. The second-order valence-corrected chi connectivity index (χ2v) is 7.59. The van der Waals surface area contributed by atoms with E-state index in [1.54, 1.807) is 0 Å². The van der Waals surface area contributed by atoms with Crippen LogP contribution in [-0.4, -0.2) is 36.3 Å². The predicted molar refractivity (Wildman–Crippen MR) is 105 cm³/mol. The third-order valence-electron chi connectivity index (χ3n) is 4.49. The van der Waals surface area contributed by atoms with Crippen LogP contribution in [0, 0.1) is 0 Å². The van der Waals surface area contributed by atoms with Gasteiger partial charge in [-0.2, -0.15) is 0 Å². The zero-order valence-electron chi connectivity index (χ0n) is 13.5. The lowest BCUT2D eigenvalue weighted by atomic mass is 10.0. The zero-order chi connectivity index (χ0) is 17.4. The normalized spacial score (nSPS) is 15.8. The number of morpholine rings is 1. The molecule has 3 aromatic rings. The molecule has 25 heavy (non-hydrogen) atoms. The summed E-state index contributed by atoms with van der Waals surface area (Å²) in [5.74, 6) is 0.268. The first-order valence-electron chi connectivity index (χ1n) is 8.13. The monoisotopic (exact) mass is 465 g/mol. The molecule has 1 N–H and O–H groups in total. The van der Waals surface area contributed by atoms with Crippen LogP contribution in [0.15, 0.2) is 50.0 Å². The van der Waals surface area contributed by atoms with Crippen molar-refractivity contribution < 1.29 is 14.3 Å². The quantitative estimate of drug-likeness (QED) is 0.578. The summed E-state index contributed by atoms with van der Waals surface area (Å²) in [5, 5.41) is 11.6. The fourth-order valence-corrected chi connectivity index (χ4v) is 4.46. The number of fused-ring (bicyclic) bond motifs is 1. The second kappa shape index (κ2) is 7.11. The number of ether oxygens (including phenoxy) is 1. The summed E-state index contributed by atoms with van der Waals surface area (Å²) in [5.41, 5.74) is 3.57. The number of hydrogen-bond donors (Lipinski definition) is 1. The number of phenolic OH excluding ortho intramolecular Hbond substituents is 1. The van der Waals surface area contributed by atoms with Crippen molar-refractivity contribution in [2.75, 3.05) is 26.3 Å². The summed E-state index contributed by atoms with van der Waals surface area (Å²) in [6, 6.07) is 11.9. The van der Waals surface area contributed by atoms with Gasteiger partial charge in [0.15, 0.2) is 4.67 Å². The van der Waals surface area contributed by atoms with Crippen LogP contribution in [0.4, 0.5) is 0 Å². The largest absolute Gasteiger partial charge is 0.506 e. The van der Waals surface area contributed by atoms with Gasteiger partial charge in [0.25, 0.3) is 0 Å². The van der Waals surface area contributed by atoms with Gasteiger partial charge in [-0.05, 0) is 43.5 Å². The highest BCUT2D eigenvalue weighted by Gasteiger charge is 2.22. The molecule has 2 aromatic carbocycles. The van der Waals surface area contributed by atoms with Crippen LogP contribution in [0.3, 0.4) is 0 Å². The van der Waals surface area contributed by atoms with Gasteiger partial charge >= 0.3 is 0 Å². The fraction of sp³-hybridized carbons (Fsp3) is 0.263. The highest BCUT2D eigenvalue weighted by Crippen LogP contribution is 2.46. The first kappa shape index (κ1) is 17.1. The molecule has 4 nitrogen and oxygen atoms in total. The van der Waals surface area contributed by atoms with Crippen LogP contribution >= 0.6 is 31.9 Å². The number of aromatic hydroxyl groups is 1. The van der Waals surface area contributed by atoms with Crippen molar-refractivity contribution in [3.8, 4) is 16.9 Å². The van der Waals surface area contributed by atoms with Crippen LogP contribution in [0.2, 0.25) is 0 Å². The van der Waals surface area contributed by atoms with Crippen molar-refractivity contribution in [3.63, 3.8) is 0 Å². The highest BCUT2D eigenvalue weighted by molar-refractivity contribution is 9.11. The molecule has 1 fully saturated rings. The molecule has 130 valence electrons. The zero-order valence-corrected chi connectivity index (χ0v) is 16.6. The van der Waals surface area contributed by atoms with Gasteiger partial charge < -0.3 is 14.3 Å². The number of nitrogens with zero attached hydrogens (tertiary/aromatic N) is 1. The molecule has 0 radical (unpaired) electrons. The molecule has 0 bridgehead atoms. The van der Waals surface area contributed by atoms with Crippen LogP contribution < -0.4 is 0 Å². The molecular formula is C19H17Br2NO3. The summed E-state index contributed by atoms with van der Waals surface area (Å²) < 4.78 is 12.7. The Labute approximate surface area is 162 Å². The lowest BCUT2D eigenvalue weighted by Gasteiger charge is -2.27. The number of hydrogen-bond acceptors (Lipinski definition) is 4. The van der Waals surface area contributed by atoms with E-state index in [0.29, 0.717) is 15.7 Å². The van der Waals surface area contributed by atoms with Crippen molar-refractivity contribution in [3.05, 3.63) is 51.1 Å². The van der Waals surface area contributed by atoms with E-state index in [4.69, 9.17) is 9.15 Å². The minimum absolute atomic E-state index is 0.268. The fourth-order valence-electron chi connectivity index (χ4n) is 3.21. The van der Waals surface area contributed by atoms with Crippen molar-refractivity contribution >= 4 is 42.8 Å². The standard InChI is InChI=1S/C19H17Br2NO3/c20-17-16-14(25-19(21)15(16)12-4-2-1-3-5-12)10-13(18(17)23)11-22-6-8-24-9-7-22/h1-5,10,23H,6-9,11H2. The number of rotatable bonds is 3. The van der Waals surface area contributed by atoms with E-state index in [1.807, 2.05) is 36.4 Å². The van der Waals surface area contributed by atoms with Crippen LogP contribution in [0.1, 0.15) is 5.56 Å². The Balaban J connectivity index is 1.81. The molecular weight excluding hydrogens is 450 g/mol. The Bertz CT molecular complexity index is 902. The molecule has 1 aliphatic heterocycles. The third kappa shape index (κ3) is 3.24. The minimum atomic E-state index is 0.268. The van der Waals surface area contributed by atoms with Crippen molar-refractivity contribution in [2.45, 2.75) is 6.54 Å². The van der Waals surface area contributed by atoms with Crippen molar-refractivity contribution in [1.82, 2.24) is 4.90 Å². The molecule has 0 unspecified atom stereocenters. The summed E-state index contributed by atoms with van der Waals surface area (Å²) in [7, 11) is 0. The van der Waals surface area contributed by atoms with Crippen LogP contribution in [-0.2, 0) is 11.3 Å². The van der Waals surface area contributed by atoms with Crippen LogP contribution in [0.25, 0.3) is 22.1 Å². The lowest BCUT2D eigenvalue weighted by Crippen LogP contribution is -2.35. The second-order valence-electron chi connectivity index (χ2n) is 6.08. The molecule has 0 spiro atoms. The van der Waals surface area contributed by atoms with E-state index in [2.05, 4.69) is 36.8 Å². The minimum Gasteiger partial charge on any atom is -0.506 e. The molecule has 0 saturated carbocycles. The first-order valence-corrected chi connectivity index (χ1v) is 9.71. The van der Waals surface area contributed by atoms with Crippen LogP contribution in [0.5, 0.6) is 5.75 Å². The van der Waals surface area contributed by atoms with Gasteiger partial charge in [-0.25, -0.2) is 0 Å². The average Bonchev–Trinajstić information content (AvgIpc) is 2.97. The van der Waals surface area contributed by atoms with Gasteiger partial charge in [0.2, 0.25) is 0 Å². The Hall–Kier alpha value is -1.34. The molecule has 4 rings (SSSR count). The highest BCUT2D eigenvalue weighted by atomic mass is 79.9. The molecule has 6 heteroatoms. The van der Waals surface area contributed by atoms with E-state index >= 15 is 0 Å². The Morgan fingerprint density at radius 3 is 2.52 bits per heavy atom. The number of phenols is 1. The lowest BCUT2D eigenvalue weighted by molar-refractivity contribution is 0.0339. The maximum atomic E-state index is 10.7. The Kier molecular flexibility index (Phi) is 4.86. The van der Waals surface area contributed by atoms with E-state index < -0.39 is 0 Å². The van der Waals surface area contributed by atoms with Gasteiger partial charge in [-0.1, -0.05) is 30.3 Å². The summed E-state index contributed by atoms with van der Waals surface area (Å²) in [6.45, 7) is 3.87. The molecule has 1 saturated heterocycles. The summed E-state index contributed by atoms with van der Waals surface area (Å²) in [6.07, 6.45) is 0. The van der Waals surface area contributed by atoms with E-state index in [9.17, 15) is 5.11 Å². The Morgan fingerprint density at radius 1 is 1.08 bits per heavy atom. The third-order valence-corrected chi connectivity index (χ3v) is 5.82. The maximum Gasteiger partial charge on any atom is 0.178 e. The van der Waals surface area contributed by atoms with Gasteiger partial charge in [-0.3, -0.25) is 4.90 Å². The molecule has 1 aliphatic rings. The molecule has 0 amide bonds. The van der Waals surface area contributed by atoms with E-state index in [-0.39, 0.29) is 5.75 Å². The van der Waals surface area contributed by atoms with Gasteiger partial charge in [0.1, 0.15) is 11.3 Å². The smallest absolute Gasteiger partial charge is 0.178 e. The van der Waals surface area contributed by atoms with Crippen molar-refractivity contribution in [1.29, 1.82) is 0 Å². The molecule has 0 atom stereocenters. The summed E-state index contributed by atoms with van der Waals surface area (Å²) in [4.78, 5) is 2.27. The predicted octanol–water partition coefficient (Wildman–Crippen LogP) is 5.16. The number of furan rings is 1. The van der Waals surface area contributed by atoms with Gasteiger partial charge in [-0.15, -0.1) is 0 Å². The molecule has 2 heterocycles. The first-order chi connectivity index (χ1) is 12.1. The van der Waals surface area contributed by atoms with Crippen molar-refractivity contribution in [2.24, 2.45) is 0 Å². The van der Waals surface area contributed by atoms with Gasteiger partial charge in [0, 0.05) is 36.1 Å². The molecule has 1 aromatic heterocycles. The van der Waals surface area contributed by atoms with E-state index in [0.717, 1.165) is 54.0 Å². The van der Waals surface area contributed by atoms with Gasteiger partial charge in [0.05, 0.1) is 17.7 Å². The SMILES string of the molecule is Oc1c(CN2CCOCC2)cc2oc(Br)c(-c3ccccc3)c2c1Br. The van der Waals surface area contributed by atoms with E-state index in [1.165, 1.54) is 0 Å². The summed E-state index contributed by atoms with van der Waals surface area (Å²) >= 11 is 7.12. The topological polar surface area (TPSA) is 45.8 Å². The average molecular weight is 467 g/mol.